The lowest BCUT2D eigenvalue weighted by molar-refractivity contribution is -0.142. The van der Waals surface area contributed by atoms with Crippen molar-refractivity contribution >= 4 is 24.2 Å². The lowest BCUT2D eigenvalue weighted by Gasteiger charge is -2.32. The Bertz CT molecular complexity index is 400. The highest BCUT2D eigenvalue weighted by molar-refractivity contribution is 5.89. The highest BCUT2D eigenvalue weighted by atomic mass is 35.5. The number of nitrogens with two attached hydrogens (primary N) is 1. The van der Waals surface area contributed by atoms with E-state index in [0.717, 1.165) is 57.9 Å². The Kier molecular flexibility index (Phi) is 5.49. The summed E-state index contributed by atoms with van der Waals surface area (Å²) in [6.07, 6.45) is 7.69. The van der Waals surface area contributed by atoms with Crippen molar-refractivity contribution in [3.63, 3.8) is 0 Å². The molecule has 0 spiro atoms. The second-order valence-electron chi connectivity index (χ2n) is 6.60. The maximum atomic E-state index is 12.7. The highest BCUT2D eigenvalue weighted by Gasteiger charge is 2.39. The molecule has 0 aromatic carbocycles. The van der Waals surface area contributed by atoms with Crippen LogP contribution in [-0.2, 0) is 9.59 Å². The van der Waals surface area contributed by atoms with E-state index in [0.29, 0.717) is 6.04 Å². The van der Waals surface area contributed by atoms with Crippen molar-refractivity contribution in [3.05, 3.63) is 0 Å². The van der Waals surface area contributed by atoms with Crippen LogP contribution in [0, 0.1) is 5.92 Å². The van der Waals surface area contributed by atoms with Crippen molar-refractivity contribution in [1.29, 1.82) is 0 Å². The fourth-order valence-corrected chi connectivity index (χ4v) is 3.51. The molecule has 0 aromatic heterocycles. The van der Waals surface area contributed by atoms with Crippen molar-refractivity contribution < 1.29 is 9.59 Å². The molecule has 21 heavy (non-hydrogen) atoms. The fourth-order valence-electron chi connectivity index (χ4n) is 3.51. The Morgan fingerprint density at radius 2 is 1.81 bits per heavy atom. The number of amides is 2. The van der Waals surface area contributed by atoms with E-state index in [1.54, 1.807) is 0 Å². The van der Waals surface area contributed by atoms with Gasteiger partial charge in [-0.1, -0.05) is 6.42 Å². The standard InChI is InChI=1S/C15H25N3O2.ClH/c16-11-4-1-3-10(9-11)15(20)18-8-2-5-13(18)14(19)17-12-6-7-12;/h10-13H,1-9,16H2,(H,17,19);1H. The van der Waals surface area contributed by atoms with Crippen LogP contribution in [0.3, 0.4) is 0 Å². The first kappa shape index (κ1) is 16.6. The van der Waals surface area contributed by atoms with Crippen LogP contribution in [0.25, 0.3) is 0 Å². The van der Waals surface area contributed by atoms with Gasteiger partial charge >= 0.3 is 0 Å². The minimum absolute atomic E-state index is 0. The Balaban J connectivity index is 0.00000161. The van der Waals surface area contributed by atoms with E-state index >= 15 is 0 Å². The van der Waals surface area contributed by atoms with Crippen LogP contribution in [0.2, 0.25) is 0 Å². The van der Waals surface area contributed by atoms with Gasteiger partial charge in [0.1, 0.15) is 6.04 Å². The molecule has 6 heteroatoms. The molecular formula is C15H26ClN3O2. The van der Waals surface area contributed by atoms with Gasteiger partial charge in [-0.15, -0.1) is 12.4 Å². The molecule has 3 rings (SSSR count). The lowest BCUT2D eigenvalue weighted by atomic mass is 9.85. The van der Waals surface area contributed by atoms with Gasteiger partial charge in [-0.2, -0.15) is 0 Å². The van der Waals surface area contributed by atoms with Gasteiger partial charge in [0, 0.05) is 24.5 Å². The summed E-state index contributed by atoms with van der Waals surface area (Å²) in [5.41, 5.74) is 5.98. The number of likely N-dealkylation sites (tertiary alicyclic amines) is 1. The second-order valence-corrected chi connectivity index (χ2v) is 6.60. The minimum atomic E-state index is -0.235. The van der Waals surface area contributed by atoms with Crippen LogP contribution in [0.4, 0.5) is 0 Å². The summed E-state index contributed by atoms with van der Waals surface area (Å²) in [7, 11) is 0. The molecule has 1 aliphatic heterocycles. The Hall–Kier alpha value is -0.810. The topological polar surface area (TPSA) is 75.4 Å². The maximum absolute atomic E-state index is 12.7. The largest absolute Gasteiger partial charge is 0.352 e. The van der Waals surface area contributed by atoms with Crippen molar-refractivity contribution in [1.82, 2.24) is 10.2 Å². The number of halogens is 1. The van der Waals surface area contributed by atoms with Gasteiger partial charge in [0.05, 0.1) is 0 Å². The van der Waals surface area contributed by atoms with Crippen LogP contribution >= 0.6 is 12.4 Å². The smallest absolute Gasteiger partial charge is 0.243 e. The lowest BCUT2D eigenvalue weighted by Crippen LogP contribution is -2.49. The van der Waals surface area contributed by atoms with E-state index in [4.69, 9.17) is 5.73 Å². The van der Waals surface area contributed by atoms with E-state index in [2.05, 4.69) is 5.32 Å². The minimum Gasteiger partial charge on any atom is -0.352 e. The monoisotopic (exact) mass is 315 g/mol. The predicted molar refractivity (Wildman–Crippen MR) is 83.1 cm³/mol. The number of carbonyl (C=O) groups is 2. The highest BCUT2D eigenvalue weighted by Crippen LogP contribution is 2.29. The van der Waals surface area contributed by atoms with Gasteiger partial charge in [-0.3, -0.25) is 9.59 Å². The summed E-state index contributed by atoms with van der Waals surface area (Å²) in [5, 5.41) is 3.03. The van der Waals surface area contributed by atoms with E-state index in [1.807, 2.05) is 4.90 Å². The predicted octanol–water partition coefficient (Wildman–Crippen LogP) is 1.20. The third-order valence-electron chi connectivity index (χ3n) is 4.83. The van der Waals surface area contributed by atoms with Crippen molar-refractivity contribution in [2.75, 3.05) is 6.54 Å². The molecule has 0 aromatic rings. The quantitative estimate of drug-likeness (QED) is 0.821. The summed E-state index contributed by atoms with van der Waals surface area (Å²) >= 11 is 0. The molecule has 1 heterocycles. The number of rotatable bonds is 3. The number of nitrogens with one attached hydrogen (secondary N) is 1. The Labute approximate surface area is 132 Å². The molecule has 1 saturated heterocycles. The molecule has 3 unspecified atom stereocenters. The Morgan fingerprint density at radius 1 is 1.05 bits per heavy atom. The molecule has 3 N–H and O–H groups in total. The SMILES string of the molecule is Cl.NC1CCCC(C(=O)N2CCCC2C(=O)NC2CC2)C1. The maximum Gasteiger partial charge on any atom is 0.243 e. The molecule has 0 bridgehead atoms. The van der Waals surface area contributed by atoms with E-state index in [1.165, 1.54) is 0 Å². The zero-order valence-corrected chi connectivity index (χ0v) is 13.2. The third kappa shape index (κ3) is 3.89. The number of nitrogens with zero attached hydrogens (tertiary/aromatic N) is 1. The van der Waals surface area contributed by atoms with Crippen molar-refractivity contribution in [3.8, 4) is 0 Å². The number of hydrogen-bond acceptors (Lipinski definition) is 3. The van der Waals surface area contributed by atoms with Crippen molar-refractivity contribution in [2.45, 2.75) is 69.5 Å². The van der Waals surface area contributed by atoms with Crippen LogP contribution in [0.1, 0.15) is 51.4 Å². The summed E-state index contributed by atoms with van der Waals surface area (Å²) in [6.45, 7) is 0.729. The van der Waals surface area contributed by atoms with Gasteiger partial charge in [-0.05, 0) is 44.9 Å². The zero-order valence-electron chi connectivity index (χ0n) is 12.4. The molecule has 3 fully saturated rings. The summed E-state index contributed by atoms with van der Waals surface area (Å²) in [5.74, 6) is 0.250. The van der Waals surface area contributed by atoms with E-state index < -0.39 is 0 Å². The third-order valence-corrected chi connectivity index (χ3v) is 4.83. The van der Waals surface area contributed by atoms with Gasteiger partial charge < -0.3 is 16.0 Å². The molecule has 3 aliphatic rings. The van der Waals surface area contributed by atoms with Gasteiger partial charge in [0.25, 0.3) is 0 Å². The molecule has 5 nitrogen and oxygen atoms in total. The Morgan fingerprint density at radius 3 is 2.48 bits per heavy atom. The van der Waals surface area contributed by atoms with Crippen LogP contribution in [0.15, 0.2) is 0 Å². The van der Waals surface area contributed by atoms with Crippen molar-refractivity contribution in [2.24, 2.45) is 11.7 Å². The van der Waals surface area contributed by atoms with Gasteiger partial charge in [0.2, 0.25) is 11.8 Å². The zero-order chi connectivity index (χ0) is 14.1. The van der Waals surface area contributed by atoms with Crippen LogP contribution in [-0.4, -0.2) is 41.4 Å². The molecule has 2 aliphatic carbocycles. The first-order valence-corrected chi connectivity index (χ1v) is 8.01. The molecule has 120 valence electrons. The average molecular weight is 316 g/mol. The first-order chi connectivity index (χ1) is 9.65. The first-order valence-electron chi connectivity index (χ1n) is 8.01. The average Bonchev–Trinajstić information content (AvgIpc) is 3.10. The fraction of sp³-hybridized carbons (Fsp3) is 0.867. The summed E-state index contributed by atoms with van der Waals surface area (Å²) in [6, 6.07) is 0.281. The number of hydrogen-bond donors (Lipinski definition) is 2. The second kappa shape index (κ2) is 6.97. The van der Waals surface area contributed by atoms with Gasteiger partial charge in [-0.25, -0.2) is 0 Å². The number of carbonyl (C=O) groups excluding carboxylic acids is 2. The summed E-state index contributed by atoms with van der Waals surface area (Å²) < 4.78 is 0. The molecular weight excluding hydrogens is 290 g/mol. The van der Waals surface area contributed by atoms with Crippen LogP contribution < -0.4 is 11.1 Å². The molecule has 0 radical (unpaired) electrons. The van der Waals surface area contributed by atoms with E-state index in [-0.39, 0.29) is 42.2 Å². The molecule has 2 saturated carbocycles. The normalized spacial score (nSPS) is 32.4. The van der Waals surface area contributed by atoms with E-state index in [9.17, 15) is 9.59 Å². The van der Waals surface area contributed by atoms with Gasteiger partial charge in [0.15, 0.2) is 0 Å². The molecule has 3 atom stereocenters. The molecule has 2 amide bonds. The summed E-state index contributed by atoms with van der Waals surface area (Å²) in [4.78, 5) is 26.7. The van der Waals surface area contributed by atoms with Crippen LogP contribution in [0.5, 0.6) is 0 Å².